The number of halogens is 1. The summed E-state index contributed by atoms with van der Waals surface area (Å²) in [5, 5.41) is 17.6. The van der Waals surface area contributed by atoms with E-state index in [1.165, 1.54) is 18.2 Å². The van der Waals surface area contributed by atoms with Crippen LogP contribution in [0.5, 0.6) is 0 Å². The quantitative estimate of drug-likeness (QED) is 0.526. The molecule has 1 heterocycles. The summed E-state index contributed by atoms with van der Waals surface area (Å²) in [4.78, 5) is 23.3. The van der Waals surface area contributed by atoms with Gasteiger partial charge in [-0.05, 0) is 56.5 Å². The first kappa shape index (κ1) is 21.7. The summed E-state index contributed by atoms with van der Waals surface area (Å²) in [5.74, 6) is -0.660. The van der Waals surface area contributed by atoms with Crippen molar-refractivity contribution >= 4 is 17.3 Å². The van der Waals surface area contributed by atoms with Crippen molar-refractivity contribution in [3.8, 4) is 0 Å². The summed E-state index contributed by atoms with van der Waals surface area (Å²) in [7, 11) is 0. The fraction of sp³-hybridized carbons (Fsp3) is 0.409. The number of amides is 1. The Balaban J connectivity index is 1.85. The van der Waals surface area contributed by atoms with Crippen LogP contribution in [0.25, 0.3) is 0 Å². The summed E-state index contributed by atoms with van der Waals surface area (Å²) in [6.45, 7) is 5.21. The molecule has 0 radical (unpaired) electrons. The maximum atomic E-state index is 13.4. The number of carbonyl (C=O) groups is 1. The van der Waals surface area contributed by atoms with Crippen molar-refractivity contribution in [3.63, 3.8) is 0 Å². The van der Waals surface area contributed by atoms with Crippen molar-refractivity contribution < 1.29 is 18.8 Å². The molecule has 1 saturated heterocycles. The predicted molar refractivity (Wildman–Crippen MR) is 112 cm³/mol. The van der Waals surface area contributed by atoms with Gasteiger partial charge in [0.05, 0.1) is 4.92 Å². The third-order valence-corrected chi connectivity index (χ3v) is 5.40. The molecule has 0 spiro atoms. The lowest BCUT2D eigenvalue weighted by atomic mass is 9.74. The number of nitro benzene ring substituents is 1. The molecule has 0 bridgehead atoms. The molecule has 7 nitrogen and oxygen atoms in total. The van der Waals surface area contributed by atoms with Crippen LogP contribution in [0.4, 0.5) is 15.8 Å². The average molecular weight is 415 g/mol. The molecule has 3 rings (SSSR count). The fourth-order valence-electron chi connectivity index (χ4n) is 3.72. The first-order valence-electron chi connectivity index (χ1n) is 9.98. The summed E-state index contributed by atoms with van der Waals surface area (Å²) in [6.07, 6.45) is 1.43. The molecule has 0 atom stereocenters. The first-order chi connectivity index (χ1) is 14.3. The number of ether oxygens (including phenoxy) is 1. The molecule has 0 aliphatic carbocycles. The lowest BCUT2D eigenvalue weighted by Crippen LogP contribution is -2.40. The molecule has 30 heavy (non-hydrogen) atoms. The molecule has 0 saturated carbocycles. The van der Waals surface area contributed by atoms with Gasteiger partial charge in [0.15, 0.2) is 0 Å². The number of nitrogens with one attached hydrogen (secondary N) is 2. The Bertz CT molecular complexity index is 909. The number of rotatable bonds is 7. The minimum atomic E-state index is -0.497. The van der Waals surface area contributed by atoms with Crippen LogP contribution in [0.1, 0.15) is 42.6 Å². The van der Waals surface area contributed by atoms with Crippen LogP contribution < -0.4 is 10.6 Å². The van der Waals surface area contributed by atoms with Crippen molar-refractivity contribution in [1.82, 2.24) is 5.32 Å². The summed E-state index contributed by atoms with van der Waals surface area (Å²) < 4.78 is 18.9. The molecule has 160 valence electrons. The Morgan fingerprint density at radius 2 is 1.87 bits per heavy atom. The van der Waals surface area contributed by atoms with Crippen molar-refractivity contribution in [1.29, 1.82) is 0 Å². The van der Waals surface area contributed by atoms with Crippen LogP contribution in [0.3, 0.4) is 0 Å². The smallest absolute Gasteiger partial charge is 0.293 e. The van der Waals surface area contributed by atoms with Crippen LogP contribution in [0.15, 0.2) is 42.5 Å². The van der Waals surface area contributed by atoms with Gasteiger partial charge >= 0.3 is 0 Å². The van der Waals surface area contributed by atoms with Gasteiger partial charge in [0.25, 0.3) is 11.6 Å². The zero-order valence-electron chi connectivity index (χ0n) is 17.1. The fourth-order valence-corrected chi connectivity index (χ4v) is 3.72. The number of hydrogen-bond acceptors (Lipinski definition) is 5. The zero-order valence-corrected chi connectivity index (χ0v) is 17.1. The van der Waals surface area contributed by atoms with E-state index in [1.54, 1.807) is 24.3 Å². The molecular formula is C22H26FN3O4. The molecule has 8 heteroatoms. The summed E-state index contributed by atoms with van der Waals surface area (Å²) >= 11 is 0. The molecule has 2 aromatic carbocycles. The standard InChI is InChI=1S/C22H26FN3O4/c1-15(2)25-21(27)16-3-8-19(20(13-16)26(28)29)24-14-22(9-11-30-12-10-22)17-4-6-18(23)7-5-17/h3-8,13,15,24H,9-12,14H2,1-2H3,(H,25,27). The minimum absolute atomic E-state index is 0.0709. The third kappa shape index (κ3) is 4.94. The lowest BCUT2D eigenvalue weighted by Gasteiger charge is -2.38. The normalized spacial score (nSPS) is 15.6. The number of anilines is 1. The highest BCUT2D eigenvalue weighted by atomic mass is 19.1. The molecule has 1 aliphatic rings. The van der Waals surface area contributed by atoms with E-state index in [-0.39, 0.29) is 34.4 Å². The predicted octanol–water partition coefficient (Wildman–Crippen LogP) is 4.03. The molecule has 0 unspecified atom stereocenters. The number of nitrogens with zero attached hydrogens (tertiary/aromatic N) is 1. The van der Waals surface area contributed by atoms with Crippen molar-refractivity contribution in [2.75, 3.05) is 25.1 Å². The molecule has 2 N–H and O–H groups in total. The molecule has 2 aromatic rings. The van der Waals surface area contributed by atoms with E-state index < -0.39 is 4.92 Å². The Hall–Kier alpha value is -3.00. The zero-order chi connectivity index (χ0) is 21.7. The topological polar surface area (TPSA) is 93.5 Å². The van der Waals surface area contributed by atoms with Gasteiger partial charge in [-0.15, -0.1) is 0 Å². The molecule has 0 aromatic heterocycles. The highest BCUT2D eigenvalue weighted by molar-refractivity contribution is 5.95. The Kier molecular flexibility index (Phi) is 6.66. The van der Waals surface area contributed by atoms with Gasteiger partial charge in [0.1, 0.15) is 11.5 Å². The SMILES string of the molecule is CC(C)NC(=O)c1ccc(NCC2(c3ccc(F)cc3)CCOCC2)c([N+](=O)[O-])c1. The lowest BCUT2D eigenvalue weighted by molar-refractivity contribution is -0.384. The second-order valence-corrected chi connectivity index (χ2v) is 7.87. The monoisotopic (exact) mass is 415 g/mol. The van der Waals surface area contributed by atoms with Crippen LogP contribution in [-0.4, -0.2) is 36.6 Å². The first-order valence-corrected chi connectivity index (χ1v) is 9.98. The second-order valence-electron chi connectivity index (χ2n) is 7.87. The molecule has 1 aliphatic heterocycles. The number of benzene rings is 2. The van der Waals surface area contributed by atoms with Gasteiger partial charge in [-0.25, -0.2) is 4.39 Å². The maximum Gasteiger partial charge on any atom is 0.293 e. The van der Waals surface area contributed by atoms with E-state index in [1.807, 2.05) is 13.8 Å². The third-order valence-electron chi connectivity index (χ3n) is 5.40. The van der Waals surface area contributed by atoms with E-state index in [0.29, 0.717) is 38.3 Å². The Morgan fingerprint density at radius 3 is 2.47 bits per heavy atom. The average Bonchev–Trinajstić information content (AvgIpc) is 2.72. The Morgan fingerprint density at radius 1 is 1.20 bits per heavy atom. The van der Waals surface area contributed by atoms with Gasteiger partial charge in [-0.2, -0.15) is 0 Å². The van der Waals surface area contributed by atoms with E-state index in [2.05, 4.69) is 10.6 Å². The summed E-state index contributed by atoms with van der Waals surface area (Å²) in [6, 6.07) is 10.7. The number of nitro groups is 1. The minimum Gasteiger partial charge on any atom is -0.381 e. The van der Waals surface area contributed by atoms with Crippen molar-refractivity contribution in [2.45, 2.75) is 38.1 Å². The van der Waals surface area contributed by atoms with E-state index in [9.17, 15) is 19.3 Å². The van der Waals surface area contributed by atoms with Gasteiger partial charge in [0.2, 0.25) is 0 Å². The van der Waals surface area contributed by atoms with E-state index in [4.69, 9.17) is 4.74 Å². The van der Waals surface area contributed by atoms with Crippen molar-refractivity contribution in [2.24, 2.45) is 0 Å². The highest BCUT2D eigenvalue weighted by Crippen LogP contribution is 2.36. The van der Waals surface area contributed by atoms with E-state index >= 15 is 0 Å². The second kappa shape index (κ2) is 9.21. The highest BCUT2D eigenvalue weighted by Gasteiger charge is 2.35. The maximum absolute atomic E-state index is 13.4. The van der Waals surface area contributed by atoms with Crippen LogP contribution in [0.2, 0.25) is 0 Å². The molecule has 1 amide bonds. The Labute approximate surface area is 174 Å². The van der Waals surface area contributed by atoms with Crippen molar-refractivity contribution in [3.05, 3.63) is 69.5 Å². The van der Waals surface area contributed by atoms with Crippen LogP contribution >= 0.6 is 0 Å². The largest absolute Gasteiger partial charge is 0.381 e. The van der Waals surface area contributed by atoms with Gasteiger partial charge in [-0.1, -0.05) is 12.1 Å². The summed E-state index contributed by atoms with van der Waals surface area (Å²) in [5.41, 5.74) is 1.06. The van der Waals surface area contributed by atoms with Gasteiger partial charge in [-0.3, -0.25) is 14.9 Å². The van der Waals surface area contributed by atoms with Crippen LogP contribution in [0, 0.1) is 15.9 Å². The van der Waals surface area contributed by atoms with Crippen LogP contribution in [-0.2, 0) is 10.2 Å². The molecular weight excluding hydrogens is 389 g/mol. The van der Waals surface area contributed by atoms with E-state index in [0.717, 1.165) is 5.56 Å². The number of hydrogen-bond donors (Lipinski definition) is 2. The molecule has 1 fully saturated rings. The van der Waals surface area contributed by atoms with Gasteiger partial charge < -0.3 is 15.4 Å². The van der Waals surface area contributed by atoms with Gasteiger partial charge in [0, 0.05) is 42.8 Å². The number of carbonyl (C=O) groups excluding carboxylic acids is 1.